The van der Waals surface area contributed by atoms with Gasteiger partial charge in [-0.15, -0.1) is 11.3 Å². The molecule has 0 aliphatic heterocycles. The van der Waals surface area contributed by atoms with E-state index in [1.165, 1.54) is 32.1 Å². The van der Waals surface area contributed by atoms with Crippen LogP contribution in [0.2, 0.25) is 0 Å². The van der Waals surface area contributed by atoms with Crippen molar-refractivity contribution in [2.75, 3.05) is 6.61 Å². The number of carbonyl (C=O) groups excluding carboxylic acids is 2. The van der Waals surface area contributed by atoms with Crippen LogP contribution in [0.1, 0.15) is 77.4 Å². The molecule has 1 aliphatic carbocycles. The molecule has 2 aromatic carbocycles. The van der Waals surface area contributed by atoms with Crippen molar-refractivity contribution >= 4 is 23.2 Å². The fourth-order valence-electron chi connectivity index (χ4n) is 5.14. The zero-order chi connectivity index (χ0) is 26.9. The fourth-order valence-corrected chi connectivity index (χ4v) is 5.85. The Morgan fingerprint density at radius 3 is 2.59 bits per heavy atom. The molecule has 1 unspecified atom stereocenters. The molecule has 202 valence electrons. The Kier molecular flexibility index (Phi) is 12.2. The molecule has 9 heteroatoms. The van der Waals surface area contributed by atoms with Gasteiger partial charge < -0.3 is 25.1 Å². The van der Waals surface area contributed by atoms with Crippen molar-refractivity contribution in [2.24, 2.45) is 5.92 Å². The largest absolute Gasteiger partial charge is 1.00 e. The van der Waals surface area contributed by atoms with Crippen molar-refractivity contribution in [3.05, 3.63) is 75.7 Å². The second-order valence-electron chi connectivity index (χ2n) is 10.0. The Hall–Kier alpha value is -2.47. The Balaban J connectivity index is 0.00000420. The number of carbonyl (C=O) groups is 2. The van der Waals surface area contributed by atoms with E-state index in [0.29, 0.717) is 17.7 Å². The van der Waals surface area contributed by atoms with Crippen molar-refractivity contribution in [2.45, 2.75) is 70.6 Å². The number of nitrogens with zero attached hydrogens (tertiary/aromatic N) is 1. The molecular weight excluding hydrogens is 507 g/mol. The Morgan fingerprint density at radius 2 is 1.92 bits per heavy atom. The monoisotopic (exact) mass is 542 g/mol. The topological polar surface area (TPSA) is 112 Å². The van der Waals surface area contributed by atoms with Gasteiger partial charge in [0.2, 0.25) is 0 Å². The number of rotatable bonds is 12. The maximum absolute atomic E-state index is 13.0. The van der Waals surface area contributed by atoms with Crippen LogP contribution in [0.4, 0.5) is 0 Å². The van der Waals surface area contributed by atoms with Crippen molar-refractivity contribution in [3.63, 3.8) is 0 Å². The molecule has 4 rings (SSSR count). The molecule has 1 aliphatic rings. The first kappa shape index (κ1) is 31.1. The number of aliphatic hydroxyl groups excluding tert-OH is 1. The molecule has 1 fully saturated rings. The van der Waals surface area contributed by atoms with E-state index in [4.69, 9.17) is 4.74 Å². The minimum Gasteiger partial charge on any atom is -0.548 e. The minimum atomic E-state index is -1.54. The van der Waals surface area contributed by atoms with E-state index in [-0.39, 0.29) is 25.0 Å². The third-order valence-electron chi connectivity index (χ3n) is 7.32. The maximum Gasteiger partial charge on any atom is 1.00 e. The second-order valence-corrected chi connectivity index (χ2v) is 10.9. The van der Waals surface area contributed by atoms with Crippen LogP contribution in [0.25, 0.3) is 11.1 Å². The summed E-state index contributed by atoms with van der Waals surface area (Å²) >= 11 is 1.61. The molecule has 0 saturated heterocycles. The van der Waals surface area contributed by atoms with E-state index in [9.17, 15) is 19.8 Å². The van der Waals surface area contributed by atoms with Crippen molar-refractivity contribution < 1.29 is 43.4 Å². The summed E-state index contributed by atoms with van der Waals surface area (Å²) in [5, 5.41) is 23.0. The minimum absolute atomic E-state index is 0. The molecule has 3 aromatic rings. The van der Waals surface area contributed by atoms with Crippen LogP contribution >= 0.6 is 11.3 Å². The summed E-state index contributed by atoms with van der Waals surface area (Å²) in [6, 6.07) is 11.7. The molecule has 39 heavy (non-hydrogen) atoms. The molecule has 1 aromatic heterocycles. The first-order chi connectivity index (χ1) is 18.5. The number of amides is 1. The third kappa shape index (κ3) is 8.50. The van der Waals surface area contributed by atoms with Crippen LogP contribution in [-0.4, -0.2) is 34.6 Å². The van der Waals surface area contributed by atoms with E-state index in [1.54, 1.807) is 17.4 Å². The quantitative estimate of drug-likeness (QED) is 0.336. The predicted octanol–water partition coefficient (Wildman–Crippen LogP) is 1.58. The van der Waals surface area contributed by atoms with E-state index in [2.05, 4.69) is 10.3 Å². The van der Waals surface area contributed by atoms with Gasteiger partial charge in [0.25, 0.3) is 5.91 Å². The molecule has 2 N–H and O–H groups in total. The summed E-state index contributed by atoms with van der Waals surface area (Å²) in [5.41, 5.74) is 5.58. The van der Waals surface area contributed by atoms with E-state index >= 15 is 0 Å². The number of carboxylic acid groups (broad SMARTS) is 1. The van der Waals surface area contributed by atoms with Gasteiger partial charge in [-0.1, -0.05) is 62.4 Å². The molecule has 1 saturated carbocycles. The van der Waals surface area contributed by atoms with Gasteiger partial charge in [0.1, 0.15) is 0 Å². The number of hydrogen-bond acceptors (Lipinski definition) is 7. The number of benzene rings is 2. The van der Waals surface area contributed by atoms with E-state index in [0.717, 1.165) is 40.3 Å². The van der Waals surface area contributed by atoms with E-state index < -0.39 is 24.5 Å². The summed E-state index contributed by atoms with van der Waals surface area (Å²) in [6.07, 6.45) is 10.5. The zero-order valence-corrected chi connectivity index (χ0v) is 23.5. The van der Waals surface area contributed by atoms with Gasteiger partial charge >= 0.3 is 18.9 Å². The molecule has 0 spiro atoms. The van der Waals surface area contributed by atoms with Crippen LogP contribution in [0.15, 0.2) is 54.2 Å². The fraction of sp³-hybridized carbons (Fsp3) is 0.433. The van der Waals surface area contributed by atoms with Gasteiger partial charge in [-0.25, -0.2) is 0 Å². The zero-order valence-electron chi connectivity index (χ0n) is 22.7. The van der Waals surface area contributed by atoms with Crippen LogP contribution in [0.5, 0.6) is 0 Å². The molecule has 1 heterocycles. The van der Waals surface area contributed by atoms with Crippen molar-refractivity contribution in [1.82, 2.24) is 10.3 Å². The first-order valence-corrected chi connectivity index (χ1v) is 14.2. The Bertz CT molecular complexity index is 1210. The van der Waals surface area contributed by atoms with Gasteiger partial charge in [-0.2, -0.15) is 0 Å². The van der Waals surface area contributed by atoms with Gasteiger partial charge in [0.05, 0.1) is 41.7 Å². The Morgan fingerprint density at radius 1 is 1.15 bits per heavy atom. The van der Waals surface area contributed by atoms with Gasteiger partial charge in [-0.05, 0) is 60.1 Å². The summed E-state index contributed by atoms with van der Waals surface area (Å²) in [4.78, 5) is 29.7. The van der Waals surface area contributed by atoms with Crippen LogP contribution in [0.3, 0.4) is 0 Å². The van der Waals surface area contributed by atoms with Gasteiger partial charge in [0.15, 0.2) is 0 Å². The smallest absolute Gasteiger partial charge is 0.548 e. The molecule has 0 radical (unpaired) electrons. The Labute approximate surface area is 246 Å². The number of aliphatic carboxylic acids is 1. The van der Waals surface area contributed by atoms with Crippen molar-refractivity contribution in [3.8, 4) is 11.1 Å². The number of thiazole rings is 1. The summed E-state index contributed by atoms with van der Waals surface area (Å²) in [6.45, 7) is 1.58. The number of aliphatic hydroxyl groups is 1. The standard InChI is InChI=1S/C30H36N2O5S.Li/c1-20-7-5-6-10-23(20)25-15-22(11-13-24(25)29(34)32-26(17-33)30(35)36)18-37-27(28-16-31-19-38-28)14-12-21-8-3-2-4-9-21;/h5-7,10-11,13,15-16,19,21,26-27,33H,2-4,8-9,12,14,17-18H2,1H3,(H,32,34)(H,35,36);/q;+1/p-1/t26-,27?;/m0./s1. The average molecular weight is 543 g/mol. The number of aromatic nitrogens is 1. The van der Waals surface area contributed by atoms with Crippen LogP contribution < -0.4 is 29.3 Å². The number of aryl methyl sites for hydroxylation is 1. The van der Waals surface area contributed by atoms with Crippen LogP contribution in [0, 0.1) is 12.8 Å². The van der Waals surface area contributed by atoms with Gasteiger partial charge in [0, 0.05) is 11.8 Å². The van der Waals surface area contributed by atoms with Crippen molar-refractivity contribution in [1.29, 1.82) is 0 Å². The van der Waals surface area contributed by atoms with Crippen LogP contribution in [-0.2, 0) is 16.1 Å². The molecular formula is C30H35LiN2O5S. The SMILES string of the molecule is Cc1ccccc1-c1cc(COC(CCC2CCCCC2)c2cncs2)ccc1C(=O)N[C@@H](CO)C(=O)[O-].[Li+]. The number of hydrogen-bond donors (Lipinski definition) is 2. The molecule has 0 bridgehead atoms. The average Bonchev–Trinajstić information content (AvgIpc) is 3.47. The summed E-state index contributed by atoms with van der Waals surface area (Å²) < 4.78 is 6.45. The van der Waals surface area contributed by atoms with Gasteiger partial charge in [-0.3, -0.25) is 9.78 Å². The third-order valence-corrected chi connectivity index (χ3v) is 8.19. The molecule has 7 nitrogen and oxygen atoms in total. The normalized spacial score (nSPS) is 15.2. The summed E-state index contributed by atoms with van der Waals surface area (Å²) in [7, 11) is 0. The summed E-state index contributed by atoms with van der Waals surface area (Å²) in [5.74, 6) is -1.36. The predicted molar refractivity (Wildman–Crippen MR) is 145 cm³/mol. The maximum atomic E-state index is 13.0. The first-order valence-electron chi connectivity index (χ1n) is 13.3. The number of ether oxygens (including phenoxy) is 1. The second kappa shape index (κ2) is 15.4. The molecule has 2 atom stereocenters. The number of nitrogens with one attached hydrogen (secondary N) is 1. The van der Waals surface area contributed by atoms with E-state index in [1.807, 2.05) is 55.0 Å². The molecule has 1 amide bonds. The number of carboxylic acids is 1.